The number of nitrogens with one attached hydrogen (secondary N) is 1. The molecule has 1 fully saturated rings. The smallest absolute Gasteiger partial charge is 0.356 e. The van der Waals surface area contributed by atoms with Crippen molar-refractivity contribution in [3.63, 3.8) is 0 Å². The van der Waals surface area contributed by atoms with Gasteiger partial charge in [-0.25, -0.2) is 9.78 Å². The molecule has 1 aromatic heterocycles. The number of nitrogens with zero attached hydrogens (tertiary/aromatic N) is 1. The lowest BCUT2D eigenvalue weighted by atomic mass is 10.4. The lowest BCUT2D eigenvalue weighted by molar-refractivity contribution is 0.0691. The van der Waals surface area contributed by atoms with Crippen LogP contribution in [0.2, 0.25) is 0 Å². The summed E-state index contributed by atoms with van der Waals surface area (Å²) in [5.74, 6) is 0.346. The van der Waals surface area contributed by atoms with E-state index in [1.54, 1.807) is 0 Å². The zero-order valence-corrected chi connectivity index (χ0v) is 5.87. The molecule has 2 rings (SSSR count). The average molecular weight is 152 g/mol. The van der Waals surface area contributed by atoms with Crippen LogP contribution in [0.5, 0.6) is 0 Å². The summed E-state index contributed by atoms with van der Waals surface area (Å²) in [7, 11) is 0. The third-order valence-electron chi connectivity index (χ3n) is 1.78. The molecule has 11 heavy (non-hydrogen) atoms. The Morgan fingerprint density at radius 1 is 1.73 bits per heavy atom. The molecule has 4 heteroatoms. The lowest BCUT2D eigenvalue weighted by Gasteiger charge is -1.85. The highest BCUT2D eigenvalue weighted by Crippen LogP contribution is 2.37. The van der Waals surface area contributed by atoms with E-state index in [-0.39, 0.29) is 5.69 Å². The number of hydrogen-bond acceptors (Lipinski definition) is 2. The Bertz CT molecular complexity index is 288. The summed E-state index contributed by atoms with van der Waals surface area (Å²) < 4.78 is 0. The number of rotatable bonds is 2. The molecule has 1 saturated carbocycles. The fourth-order valence-electron chi connectivity index (χ4n) is 1.01. The molecular formula is C7H8N2O2. The summed E-state index contributed by atoms with van der Waals surface area (Å²) in [4.78, 5) is 17.1. The number of carboxylic acids is 1. The van der Waals surface area contributed by atoms with Gasteiger partial charge in [-0.1, -0.05) is 0 Å². The van der Waals surface area contributed by atoms with Gasteiger partial charge in [0.1, 0.15) is 5.82 Å². The van der Waals surface area contributed by atoms with Crippen molar-refractivity contribution >= 4 is 5.97 Å². The van der Waals surface area contributed by atoms with Crippen LogP contribution in [0.3, 0.4) is 0 Å². The van der Waals surface area contributed by atoms with Gasteiger partial charge in [0.05, 0.1) is 0 Å². The number of aromatic carboxylic acids is 1. The second kappa shape index (κ2) is 2.08. The Morgan fingerprint density at radius 2 is 2.45 bits per heavy atom. The number of carbonyl (C=O) groups is 1. The van der Waals surface area contributed by atoms with Gasteiger partial charge in [-0.3, -0.25) is 0 Å². The standard InChI is InChI=1S/C7H8N2O2/c10-7(11)5-3-8-6(9-5)4-1-2-4/h3-4H,1-2H2,(H,8,9)(H,10,11). The van der Waals surface area contributed by atoms with Crippen LogP contribution in [0, 0.1) is 0 Å². The highest BCUT2D eigenvalue weighted by atomic mass is 16.4. The van der Waals surface area contributed by atoms with Crippen molar-refractivity contribution in [1.29, 1.82) is 0 Å². The Hall–Kier alpha value is -1.32. The van der Waals surface area contributed by atoms with Gasteiger partial charge in [-0.15, -0.1) is 0 Å². The van der Waals surface area contributed by atoms with Crippen LogP contribution in [0.25, 0.3) is 0 Å². The van der Waals surface area contributed by atoms with Crippen molar-refractivity contribution < 1.29 is 9.90 Å². The minimum Gasteiger partial charge on any atom is -0.476 e. The normalized spacial score (nSPS) is 16.7. The zero-order valence-electron chi connectivity index (χ0n) is 5.87. The van der Waals surface area contributed by atoms with Crippen molar-refractivity contribution in [3.8, 4) is 0 Å². The third kappa shape index (κ3) is 1.11. The quantitative estimate of drug-likeness (QED) is 0.664. The minimum absolute atomic E-state index is 0.118. The summed E-state index contributed by atoms with van der Waals surface area (Å²) in [6.45, 7) is 0. The van der Waals surface area contributed by atoms with Gasteiger partial charge in [0.25, 0.3) is 0 Å². The number of carboxylic acid groups (broad SMARTS) is 1. The number of hydrogen-bond donors (Lipinski definition) is 2. The lowest BCUT2D eigenvalue weighted by Crippen LogP contribution is -1.95. The van der Waals surface area contributed by atoms with Crippen LogP contribution in [-0.4, -0.2) is 21.0 Å². The second-order valence-electron chi connectivity index (χ2n) is 2.75. The van der Waals surface area contributed by atoms with Crippen LogP contribution in [0.15, 0.2) is 6.20 Å². The van der Waals surface area contributed by atoms with E-state index in [0.29, 0.717) is 5.92 Å². The molecule has 1 aliphatic carbocycles. The molecule has 2 N–H and O–H groups in total. The summed E-state index contributed by atoms with van der Waals surface area (Å²) in [6, 6.07) is 0. The van der Waals surface area contributed by atoms with Crippen LogP contribution in [0.1, 0.15) is 35.1 Å². The number of aromatic amines is 1. The molecule has 58 valence electrons. The van der Waals surface area contributed by atoms with E-state index in [1.165, 1.54) is 6.20 Å². The largest absolute Gasteiger partial charge is 0.476 e. The maximum atomic E-state index is 10.4. The zero-order chi connectivity index (χ0) is 7.84. The number of aromatic nitrogens is 2. The van der Waals surface area contributed by atoms with Gasteiger partial charge in [-0.2, -0.15) is 0 Å². The highest BCUT2D eigenvalue weighted by Gasteiger charge is 2.27. The van der Waals surface area contributed by atoms with E-state index >= 15 is 0 Å². The van der Waals surface area contributed by atoms with Crippen LogP contribution < -0.4 is 0 Å². The van der Waals surface area contributed by atoms with Crippen molar-refractivity contribution in [2.45, 2.75) is 18.8 Å². The monoisotopic (exact) mass is 152 g/mol. The van der Waals surface area contributed by atoms with E-state index in [4.69, 9.17) is 5.11 Å². The summed E-state index contributed by atoms with van der Waals surface area (Å²) in [5, 5.41) is 8.52. The summed E-state index contributed by atoms with van der Waals surface area (Å²) in [6.07, 6.45) is 3.70. The Balaban J connectivity index is 2.25. The molecule has 1 aliphatic rings. The van der Waals surface area contributed by atoms with Gasteiger partial charge in [0.2, 0.25) is 0 Å². The number of imidazole rings is 1. The topological polar surface area (TPSA) is 66.0 Å². The van der Waals surface area contributed by atoms with Gasteiger partial charge in [0.15, 0.2) is 5.69 Å². The molecule has 0 aromatic carbocycles. The Labute approximate surface area is 63.3 Å². The summed E-state index contributed by atoms with van der Waals surface area (Å²) in [5.41, 5.74) is 0.118. The SMILES string of the molecule is O=C(O)c1c[nH]c(C2CC2)n1. The molecule has 0 unspecified atom stereocenters. The molecule has 1 heterocycles. The second-order valence-corrected chi connectivity index (χ2v) is 2.75. The van der Waals surface area contributed by atoms with Crippen molar-refractivity contribution in [2.24, 2.45) is 0 Å². The van der Waals surface area contributed by atoms with Gasteiger partial charge < -0.3 is 10.1 Å². The summed E-state index contributed by atoms with van der Waals surface area (Å²) >= 11 is 0. The molecule has 0 aliphatic heterocycles. The fraction of sp³-hybridized carbons (Fsp3) is 0.429. The molecule has 4 nitrogen and oxygen atoms in total. The van der Waals surface area contributed by atoms with E-state index < -0.39 is 5.97 Å². The first kappa shape index (κ1) is 6.39. The van der Waals surface area contributed by atoms with Gasteiger partial charge >= 0.3 is 5.97 Å². The first-order chi connectivity index (χ1) is 5.27. The molecule has 0 bridgehead atoms. The van der Waals surface area contributed by atoms with Crippen LogP contribution >= 0.6 is 0 Å². The minimum atomic E-state index is -0.965. The molecule has 1 aromatic rings. The van der Waals surface area contributed by atoms with E-state index in [1.807, 2.05) is 0 Å². The van der Waals surface area contributed by atoms with Crippen molar-refractivity contribution in [2.75, 3.05) is 0 Å². The molecule has 0 atom stereocenters. The first-order valence-electron chi connectivity index (χ1n) is 3.56. The van der Waals surface area contributed by atoms with Gasteiger partial charge in [0, 0.05) is 12.1 Å². The third-order valence-corrected chi connectivity index (χ3v) is 1.78. The molecule has 0 spiro atoms. The molecule has 0 saturated heterocycles. The Kier molecular flexibility index (Phi) is 1.21. The fourth-order valence-corrected chi connectivity index (χ4v) is 1.01. The predicted octanol–water partition coefficient (Wildman–Crippen LogP) is 0.985. The maximum Gasteiger partial charge on any atom is 0.356 e. The number of H-pyrrole nitrogens is 1. The molecule has 0 amide bonds. The maximum absolute atomic E-state index is 10.4. The molecular weight excluding hydrogens is 144 g/mol. The van der Waals surface area contributed by atoms with Crippen LogP contribution in [0.4, 0.5) is 0 Å². The predicted molar refractivity (Wildman–Crippen MR) is 37.5 cm³/mol. The van der Waals surface area contributed by atoms with Crippen molar-refractivity contribution in [1.82, 2.24) is 9.97 Å². The highest BCUT2D eigenvalue weighted by molar-refractivity contribution is 5.85. The Morgan fingerprint density at radius 3 is 2.91 bits per heavy atom. The average Bonchev–Trinajstić information content (AvgIpc) is 2.68. The first-order valence-corrected chi connectivity index (χ1v) is 3.56. The van der Waals surface area contributed by atoms with E-state index in [0.717, 1.165) is 18.7 Å². The molecule has 0 radical (unpaired) electrons. The van der Waals surface area contributed by atoms with Gasteiger partial charge in [-0.05, 0) is 12.8 Å². The van der Waals surface area contributed by atoms with E-state index in [2.05, 4.69) is 9.97 Å². The van der Waals surface area contributed by atoms with E-state index in [9.17, 15) is 4.79 Å². The van der Waals surface area contributed by atoms with Crippen LogP contribution in [-0.2, 0) is 0 Å². The van der Waals surface area contributed by atoms with Crippen molar-refractivity contribution in [3.05, 3.63) is 17.7 Å².